The van der Waals surface area contributed by atoms with E-state index in [0.717, 1.165) is 22.8 Å². The number of alkyl halides is 3. The lowest BCUT2D eigenvalue weighted by atomic mass is 9.94. The number of amidine groups is 1. The Morgan fingerprint density at radius 1 is 0.872 bits per heavy atom. The summed E-state index contributed by atoms with van der Waals surface area (Å²) in [6, 6.07) is 20.1. The van der Waals surface area contributed by atoms with E-state index in [0.29, 0.717) is 17.7 Å². The number of carboxylic acids is 1. The first-order valence-corrected chi connectivity index (χ1v) is 12.0. The van der Waals surface area contributed by atoms with Gasteiger partial charge < -0.3 is 10.0 Å². The van der Waals surface area contributed by atoms with Crippen LogP contribution in [-0.2, 0) is 11.0 Å². The van der Waals surface area contributed by atoms with Gasteiger partial charge in [-0.1, -0.05) is 66.2 Å². The van der Waals surface area contributed by atoms with Crippen LogP contribution in [0.25, 0.3) is 11.1 Å². The van der Waals surface area contributed by atoms with Crippen molar-refractivity contribution in [2.75, 3.05) is 4.90 Å². The van der Waals surface area contributed by atoms with E-state index >= 15 is 0 Å². The summed E-state index contributed by atoms with van der Waals surface area (Å²) in [4.78, 5) is 17.7. The zero-order valence-corrected chi connectivity index (χ0v) is 20.5. The highest BCUT2D eigenvalue weighted by Gasteiger charge is 2.38. The third-order valence-electron chi connectivity index (χ3n) is 6.53. The summed E-state index contributed by atoms with van der Waals surface area (Å²) in [5.41, 5.74) is 1.72. The molecular formula is C30H21F5N2O2. The van der Waals surface area contributed by atoms with Crippen LogP contribution in [0.1, 0.15) is 34.7 Å². The van der Waals surface area contributed by atoms with Crippen LogP contribution in [0.4, 0.5) is 33.3 Å². The standard InChI is InChI=1S/C30H21F5N2O2/c1-17-4-2-5-20(14-17)18-8-10-19(11-9-18)29-36-28-22(6-3-7-25(28)32)26(16-27(38)39)37(29)21-12-13-24(31)23(15-21)30(33,34)35/h2-15,26H,16H2,1H3,(H,38,39). The zero-order valence-electron chi connectivity index (χ0n) is 20.5. The molecule has 0 aromatic heterocycles. The normalized spacial score (nSPS) is 15.1. The molecule has 0 radical (unpaired) electrons. The van der Waals surface area contributed by atoms with Crippen LogP contribution in [0.3, 0.4) is 0 Å². The number of hydrogen-bond donors (Lipinski definition) is 1. The summed E-state index contributed by atoms with van der Waals surface area (Å²) in [5.74, 6) is -3.39. The van der Waals surface area contributed by atoms with Gasteiger partial charge >= 0.3 is 12.1 Å². The molecule has 0 aliphatic carbocycles. The quantitative estimate of drug-likeness (QED) is 0.263. The molecule has 4 nitrogen and oxygen atoms in total. The topological polar surface area (TPSA) is 52.9 Å². The summed E-state index contributed by atoms with van der Waals surface area (Å²) in [7, 11) is 0. The van der Waals surface area contributed by atoms with Crippen LogP contribution in [0.5, 0.6) is 0 Å². The Hall–Kier alpha value is -4.53. The second kappa shape index (κ2) is 9.98. The number of para-hydroxylation sites is 1. The van der Waals surface area contributed by atoms with E-state index in [4.69, 9.17) is 0 Å². The Kier molecular flexibility index (Phi) is 6.68. The molecule has 0 bridgehead atoms. The van der Waals surface area contributed by atoms with Crippen LogP contribution in [0, 0.1) is 18.6 Å². The molecule has 4 aromatic carbocycles. The van der Waals surface area contributed by atoms with Crippen LogP contribution < -0.4 is 4.90 Å². The summed E-state index contributed by atoms with van der Waals surface area (Å²) in [6.07, 6.45) is -5.56. The largest absolute Gasteiger partial charge is 0.481 e. The number of aliphatic carboxylic acids is 1. The Balaban J connectivity index is 1.71. The van der Waals surface area contributed by atoms with Crippen molar-refractivity contribution >= 4 is 23.2 Å². The fourth-order valence-electron chi connectivity index (χ4n) is 4.75. The maximum atomic E-state index is 14.9. The molecule has 198 valence electrons. The number of benzene rings is 4. The Labute approximate surface area is 220 Å². The third kappa shape index (κ3) is 5.12. The van der Waals surface area contributed by atoms with Crippen LogP contribution in [0.15, 0.2) is 89.9 Å². The van der Waals surface area contributed by atoms with Gasteiger partial charge in [-0.3, -0.25) is 4.79 Å². The number of rotatable bonds is 5. The Morgan fingerprint density at radius 3 is 2.23 bits per heavy atom. The lowest BCUT2D eigenvalue weighted by molar-refractivity contribution is -0.140. The van der Waals surface area contributed by atoms with Crippen LogP contribution in [-0.4, -0.2) is 16.9 Å². The fraction of sp³-hybridized carbons (Fsp3) is 0.133. The number of carbonyl (C=O) groups is 1. The van der Waals surface area contributed by atoms with E-state index in [2.05, 4.69) is 4.99 Å². The van der Waals surface area contributed by atoms with Crippen molar-refractivity contribution in [2.45, 2.75) is 25.6 Å². The smallest absolute Gasteiger partial charge is 0.419 e. The van der Waals surface area contributed by atoms with Crippen molar-refractivity contribution in [1.82, 2.24) is 0 Å². The highest BCUT2D eigenvalue weighted by atomic mass is 19.4. The summed E-state index contributed by atoms with van der Waals surface area (Å²) in [6.45, 7) is 1.96. The molecule has 1 N–H and O–H groups in total. The number of carboxylic acid groups (broad SMARTS) is 1. The SMILES string of the molecule is Cc1cccc(-c2ccc(C3=Nc4c(F)cccc4C(CC(=O)O)N3c3ccc(F)c(C(F)(F)F)c3)cc2)c1. The van der Waals surface area contributed by atoms with E-state index in [1.807, 2.05) is 31.2 Å². The average Bonchev–Trinajstić information content (AvgIpc) is 2.88. The van der Waals surface area contributed by atoms with E-state index in [-0.39, 0.29) is 22.8 Å². The highest BCUT2D eigenvalue weighted by Crippen LogP contribution is 2.44. The first kappa shape index (κ1) is 26.1. The number of nitrogens with zero attached hydrogens (tertiary/aromatic N) is 2. The zero-order chi connectivity index (χ0) is 27.9. The molecule has 1 heterocycles. The maximum absolute atomic E-state index is 14.9. The van der Waals surface area contributed by atoms with E-state index in [1.54, 1.807) is 24.3 Å². The molecule has 0 fully saturated rings. The van der Waals surface area contributed by atoms with Crippen molar-refractivity contribution in [3.63, 3.8) is 0 Å². The van der Waals surface area contributed by atoms with Gasteiger partial charge in [-0.2, -0.15) is 13.2 Å². The highest BCUT2D eigenvalue weighted by molar-refractivity contribution is 6.13. The number of fused-ring (bicyclic) bond motifs is 1. The molecule has 1 aliphatic heterocycles. The van der Waals surface area contributed by atoms with Crippen molar-refractivity contribution in [3.05, 3.63) is 119 Å². The Morgan fingerprint density at radius 2 is 1.56 bits per heavy atom. The minimum absolute atomic E-state index is 0.0365. The predicted molar refractivity (Wildman–Crippen MR) is 138 cm³/mol. The third-order valence-corrected chi connectivity index (χ3v) is 6.53. The number of aryl methyl sites for hydroxylation is 1. The number of aliphatic imine (C=N–C) groups is 1. The van der Waals surface area contributed by atoms with E-state index in [1.165, 1.54) is 23.1 Å². The minimum Gasteiger partial charge on any atom is -0.481 e. The van der Waals surface area contributed by atoms with Gasteiger partial charge in [-0.15, -0.1) is 0 Å². The monoisotopic (exact) mass is 536 g/mol. The molecule has 1 unspecified atom stereocenters. The number of hydrogen-bond acceptors (Lipinski definition) is 3. The first-order chi connectivity index (χ1) is 18.5. The van der Waals surface area contributed by atoms with Crippen molar-refractivity contribution in [1.29, 1.82) is 0 Å². The van der Waals surface area contributed by atoms with E-state index in [9.17, 15) is 31.9 Å². The second-order valence-electron chi connectivity index (χ2n) is 9.21. The van der Waals surface area contributed by atoms with Crippen molar-refractivity contribution in [2.24, 2.45) is 4.99 Å². The lowest BCUT2D eigenvalue weighted by Crippen LogP contribution is -2.39. The van der Waals surface area contributed by atoms with Gasteiger partial charge in [0.2, 0.25) is 0 Å². The summed E-state index contributed by atoms with van der Waals surface area (Å²) >= 11 is 0. The molecule has 5 rings (SSSR count). The van der Waals surface area contributed by atoms with Crippen LogP contribution in [0.2, 0.25) is 0 Å². The van der Waals surface area contributed by atoms with Gasteiger partial charge in [0, 0.05) is 16.8 Å². The van der Waals surface area contributed by atoms with E-state index < -0.39 is 41.8 Å². The summed E-state index contributed by atoms with van der Waals surface area (Å²) < 4.78 is 69.9. The molecule has 1 aliphatic rings. The predicted octanol–water partition coefficient (Wildman–Crippen LogP) is 8.07. The minimum atomic E-state index is -4.99. The molecule has 9 heteroatoms. The molecule has 39 heavy (non-hydrogen) atoms. The number of anilines is 1. The summed E-state index contributed by atoms with van der Waals surface area (Å²) in [5, 5.41) is 9.69. The molecular weight excluding hydrogens is 515 g/mol. The molecule has 4 aromatic rings. The van der Waals surface area contributed by atoms with Gasteiger partial charge in [0.1, 0.15) is 23.2 Å². The second-order valence-corrected chi connectivity index (χ2v) is 9.21. The van der Waals surface area contributed by atoms with Crippen LogP contribution >= 0.6 is 0 Å². The van der Waals surface area contributed by atoms with Gasteiger partial charge in [0.05, 0.1) is 18.0 Å². The van der Waals surface area contributed by atoms with Crippen molar-refractivity contribution in [3.8, 4) is 11.1 Å². The van der Waals surface area contributed by atoms with Gasteiger partial charge in [0.25, 0.3) is 0 Å². The van der Waals surface area contributed by atoms with Gasteiger partial charge in [-0.05, 0) is 42.3 Å². The fourth-order valence-corrected chi connectivity index (χ4v) is 4.75. The van der Waals surface area contributed by atoms with Gasteiger partial charge in [-0.25, -0.2) is 13.8 Å². The molecule has 0 amide bonds. The molecule has 0 saturated carbocycles. The average molecular weight is 537 g/mol. The van der Waals surface area contributed by atoms with Crippen molar-refractivity contribution < 1.29 is 31.9 Å². The maximum Gasteiger partial charge on any atom is 0.419 e. The molecule has 0 spiro atoms. The number of halogens is 5. The van der Waals surface area contributed by atoms with Gasteiger partial charge in [0.15, 0.2) is 0 Å². The first-order valence-electron chi connectivity index (χ1n) is 12.0. The lowest BCUT2D eigenvalue weighted by Gasteiger charge is -2.38. The molecule has 0 saturated heterocycles. The Bertz CT molecular complexity index is 1600. The molecule has 1 atom stereocenters.